The Balaban J connectivity index is 0.000000183. The van der Waals surface area contributed by atoms with Gasteiger partial charge in [0.05, 0.1) is 0 Å². The number of likely N-dealkylation sites (tertiary alicyclic amines) is 1. The molecular formula is C15H19AsN2O4. The van der Waals surface area contributed by atoms with Gasteiger partial charge in [0.15, 0.2) is 5.78 Å². The molecule has 2 bridgehead atoms. The number of Topliss-reactive ketones (excluding diaryl/α,β-unsaturated/α-hetero) is 1. The van der Waals surface area contributed by atoms with Crippen LogP contribution in [0.1, 0.15) is 19.3 Å². The third kappa shape index (κ3) is 3.08. The van der Waals surface area contributed by atoms with E-state index >= 15 is 0 Å². The van der Waals surface area contributed by atoms with Gasteiger partial charge in [0.1, 0.15) is 0 Å². The summed E-state index contributed by atoms with van der Waals surface area (Å²) in [5.41, 5.74) is 6.94. The van der Waals surface area contributed by atoms with E-state index in [0.29, 0.717) is 13.0 Å². The van der Waals surface area contributed by atoms with Crippen molar-refractivity contribution in [2.45, 2.75) is 23.6 Å². The molecule has 7 heteroatoms. The Morgan fingerprint density at radius 2 is 1.91 bits per heavy atom. The minimum Gasteiger partial charge on any atom is -0.289 e. The van der Waals surface area contributed by atoms with E-state index in [9.17, 15) is 14.4 Å². The normalized spacial score (nSPS) is 24.8. The first kappa shape index (κ1) is 16.7. The molecule has 0 aromatic heterocycles. The first-order valence-electron chi connectivity index (χ1n) is 7.07. The Labute approximate surface area is 137 Å². The van der Waals surface area contributed by atoms with Crippen LogP contribution in [0.15, 0.2) is 35.5 Å². The monoisotopic (exact) mass is 366 g/mol. The molecule has 2 unspecified atom stereocenters. The van der Waals surface area contributed by atoms with E-state index in [1.165, 1.54) is 4.90 Å². The van der Waals surface area contributed by atoms with E-state index in [1.807, 2.05) is 24.3 Å². The maximum absolute atomic E-state index is 11.6. The van der Waals surface area contributed by atoms with Crippen molar-refractivity contribution in [2.24, 2.45) is 5.73 Å². The van der Waals surface area contributed by atoms with Gasteiger partial charge in [0.25, 0.3) is 0 Å². The molecular weight excluding hydrogens is 347 g/mol. The molecule has 1 saturated heterocycles. The summed E-state index contributed by atoms with van der Waals surface area (Å²) in [6.45, 7) is 0.821. The predicted molar refractivity (Wildman–Crippen MR) is 83.8 cm³/mol. The van der Waals surface area contributed by atoms with Crippen molar-refractivity contribution in [3.8, 4) is 0 Å². The van der Waals surface area contributed by atoms with Gasteiger partial charge in [-0.3, -0.25) is 4.79 Å². The Hall–Kier alpha value is -1.65. The SMILES string of the molecule is NCCC(=O)N1CCCC1([AsH2])C(=O)O.O=C1C2=CC=C1C=C2. The van der Waals surface area contributed by atoms with E-state index in [-0.39, 0.29) is 24.7 Å². The molecule has 3 aliphatic rings. The molecule has 6 nitrogen and oxygen atoms in total. The zero-order chi connectivity index (χ0) is 16.3. The van der Waals surface area contributed by atoms with Crippen LogP contribution in [-0.2, 0) is 14.4 Å². The molecule has 0 aromatic rings. The van der Waals surface area contributed by atoms with Crippen LogP contribution >= 0.6 is 0 Å². The van der Waals surface area contributed by atoms with Crippen molar-refractivity contribution >= 4 is 34.5 Å². The Morgan fingerprint density at radius 3 is 2.27 bits per heavy atom. The van der Waals surface area contributed by atoms with Crippen LogP contribution in [0.4, 0.5) is 0 Å². The molecule has 1 amide bonds. The molecule has 0 aromatic carbocycles. The fourth-order valence-electron chi connectivity index (χ4n) is 2.61. The number of nitrogens with two attached hydrogens (primary N) is 1. The summed E-state index contributed by atoms with van der Waals surface area (Å²) in [5, 5.41) is 9.05. The molecule has 1 heterocycles. The number of aliphatic carboxylic acids is 1. The molecule has 0 saturated carbocycles. The average Bonchev–Trinajstić information content (AvgIpc) is 3.15. The molecule has 118 valence electrons. The molecule has 22 heavy (non-hydrogen) atoms. The van der Waals surface area contributed by atoms with Crippen LogP contribution < -0.4 is 5.73 Å². The van der Waals surface area contributed by atoms with E-state index < -0.39 is 10.3 Å². The van der Waals surface area contributed by atoms with Gasteiger partial charge in [0.2, 0.25) is 0 Å². The van der Waals surface area contributed by atoms with E-state index in [0.717, 1.165) is 34.4 Å². The van der Waals surface area contributed by atoms with Gasteiger partial charge in [-0.2, -0.15) is 0 Å². The van der Waals surface area contributed by atoms with Crippen molar-refractivity contribution < 1.29 is 19.5 Å². The number of amides is 1. The molecule has 0 radical (unpaired) electrons. The van der Waals surface area contributed by atoms with E-state index in [4.69, 9.17) is 10.8 Å². The number of carbonyl (C=O) groups is 3. The van der Waals surface area contributed by atoms with Crippen LogP contribution in [0.2, 0.25) is 0 Å². The maximum atomic E-state index is 11.6. The minimum atomic E-state index is -0.959. The summed E-state index contributed by atoms with van der Waals surface area (Å²) in [7, 11) is 0. The molecule has 1 aliphatic heterocycles. The van der Waals surface area contributed by atoms with E-state index in [2.05, 4.69) is 0 Å². The fourth-order valence-corrected chi connectivity index (χ4v) is 3.61. The van der Waals surface area contributed by atoms with E-state index in [1.54, 1.807) is 0 Å². The second-order valence-corrected chi connectivity index (χ2v) is 7.33. The van der Waals surface area contributed by atoms with Crippen molar-refractivity contribution in [2.75, 3.05) is 13.1 Å². The molecule has 0 spiro atoms. The van der Waals surface area contributed by atoms with Crippen molar-refractivity contribution in [1.82, 2.24) is 4.90 Å². The van der Waals surface area contributed by atoms with Crippen LogP contribution in [0, 0.1) is 0 Å². The number of fused-ring (bicyclic) bond motifs is 2. The van der Waals surface area contributed by atoms with Crippen LogP contribution in [0.5, 0.6) is 0 Å². The standard InChI is InChI=1S/C8H15AsN2O3.C7H4O/c9-8(7(13)14)3-1-5-11(8)6(12)2-4-10;8-7-5-1-2-6(7)4-3-5/h1-5,9-10H2,(H,13,14);1-4H. The van der Waals surface area contributed by atoms with Crippen molar-refractivity contribution in [3.63, 3.8) is 0 Å². The Bertz CT molecular complexity index is 585. The predicted octanol–water partition coefficient (Wildman–Crippen LogP) is -0.637. The number of hydrogen-bond donors (Lipinski definition) is 2. The number of ketones is 1. The number of carboxylic acids is 1. The van der Waals surface area contributed by atoms with Crippen LogP contribution in [0.3, 0.4) is 0 Å². The number of nitrogens with zero attached hydrogens (tertiary/aromatic N) is 1. The van der Waals surface area contributed by atoms with Gasteiger partial charge < -0.3 is 0 Å². The fraction of sp³-hybridized carbons (Fsp3) is 0.400. The number of allylic oxidation sites excluding steroid dienone is 6. The zero-order valence-corrected chi connectivity index (χ0v) is 14.5. The van der Waals surface area contributed by atoms with Crippen molar-refractivity contribution in [3.05, 3.63) is 35.5 Å². The first-order valence-corrected chi connectivity index (χ1v) is 8.29. The second kappa shape index (κ2) is 6.63. The molecule has 2 atom stereocenters. The van der Waals surface area contributed by atoms with Crippen molar-refractivity contribution in [1.29, 1.82) is 0 Å². The first-order chi connectivity index (χ1) is 10.4. The largest absolute Gasteiger partial charge is 0.289 e. The topological polar surface area (TPSA) is 101 Å². The molecule has 3 N–H and O–H groups in total. The molecule has 2 aliphatic carbocycles. The smallest absolute Gasteiger partial charge is 0.193 e. The summed E-state index contributed by atoms with van der Waals surface area (Å²) in [4.78, 5) is 34.8. The Kier molecular flexibility index (Phi) is 5.04. The zero-order valence-electron chi connectivity index (χ0n) is 12.1. The number of hydrogen-bond acceptors (Lipinski definition) is 4. The third-order valence-electron chi connectivity index (χ3n) is 3.86. The number of carbonyl (C=O) groups excluding carboxylic acids is 2. The third-order valence-corrected chi connectivity index (χ3v) is 5.64. The van der Waals surface area contributed by atoms with Gasteiger partial charge in [-0.15, -0.1) is 0 Å². The second-order valence-electron chi connectivity index (χ2n) is 5.32. The average molecular weight is 366 g/mol. The minimum absolute atomic E-state index is 0.142. The van der Waals surface area contributed by atoms with Gasteiger partial charge in [-0.25, -0.2) is 0 Å². The maximum Gasteiger partial charge on any atom is 0.193 e. The summed E-state index contributed by atoms with van der Waals surface area (Å²) in [6.07, 6.45) is 8.93. The summed E-state index contributed by atoms with van der Waals surface area (Å²) < 4.78 is -0.959. The number of rotatable bonds is 3. The van der Waals surface area contributed by atoms with Gasteiger partial charge >= 0.3 is 90.7 Å². The summed E-state index contributed by atoms with van der Waals surface area (Å²) in [5.74, 6) is -0.859. The molecule has 1 fully saturated rings. The summed E-state index contributed by atoms with van der Waals surface area (Å²) in [6, 6.07) is 0. The van der Waals surface area contributed by atoms with Gasteiger partial charge in [-0.05, 0) is 0 Å². The quantitative estimate of drug-likeness (QED) is 0.648. The van der Waals surface area contributed by atoms with Crippen LogP contribution in [0.25, 0.3) is 0 Å². The Morgan fingerprint density at radius 1 is 1.32 bits per heavy atom. The number of carboxylic acid groups (broad SMARTS) is 1. The summed E-state index contributed by atoms with van der Waals surface area (Å²) >= 11 is 1.09. The van der Waals surface area contributed by atoms with Gasteiger partial charge in [-0.1, -0.05) is 24.3 Å². The van der Waals surface area contributed by atoms with Gasteiger partial charge in [0, 0.05) is 11.1 Å². The van der Waals surface area contributed by atoms with Crippen LogP contribution in [-0.4, -0.2) is 61.9 Å². The molecule has 3 rings (SSSR count).